The van der Waals surface area contributed by atoms with Gasteiger partial charge in [-0.15, -0.1) is 0 Å². The molecule has 0 aliphatic heterocycles. The molecule has 0 fully saturated rings. The van der Waals surface area contributed by atoms with Crippen LogP contribution in [0.15, 0.2) is 28.0 Å². The Morgan fingerprint density at radius 1 is 1.50 bits per heavy atom. The maximum Gasteiger partial charge on any atom is 0.191 e. The normalized spacial score (nSPS) is 10.3. The Morgan fingerprint density at radius 2 is 2.38 bits per heavy atom. The van der Waals surface area contributed by atoms with Gasteiger partial charge in [-0.3, -0.25) is 0 Å². The van der Waals surface area contributed by atoms with Crippen molar-refractivity contribution in [1.29, 1.82) is 0 Å². The van der Waals surface area contributed by atoms with Gasteiger partial charge in [0.2, 0.25) is 0 Å². The van der Waals surface area contributed by atoms with E-state index in [0.717, 1.165) is 5.76 Å². The predicted molar refractivity (Wildman–Crippen MR) is 62.1 cm³/mol. The molecule has 84 valence electrons. The summed E-state index contributed by atoms with van der Waals surface area (Å²) in [6.07, 6.45) is 3.49. The second-order valence-electron chi connectivity index (χ2n) is 3.00. The van der Waals surface area contributed by atoms with E-state index in [9.17, 15) is 0 Å². The summed E-state index contributed by atoms with van der Waals surface area (Å²) in [6.45, 7) is 0.518. The maximum atomic E-state index is 5.64. The van der Waals surface area contributed by atoms with Gasteiger partial charge in [-0.25, -0.2) is 9.97 Å². The molecule has 2 aromatic rings. The number of nitrogens with one attached hydrogen (secondary N) is 1. The highest BCUT2D eigenvalue weighted by molar-refractivity contribution is 7.98. The SMILES string of the molecule is CSc1nc(N)cc(NCc2ccno2)n1. The van der Waals surface area contributed by atoms with Crippen molar-refractivity contribution in [2.75, 3.05) is 17.3 Å². The number of rotatable bonds is 4. The second-order valence-corrected chi connectivity index (χ2v) is 3.77. The van der Waals surface area contributed by atoms with E-state index in [1.54, 1.807) is 18.3 Å². The number of thioether (sulfide) groups is 1. The monoisotopic (exact) mass is 237 g/mol. The van der Waals surface area contributed by atoms with E-state index < -0.39 is 0 Å². The van der Waals surface area contributed by atoms with Gasteiger partial charge in [0.25, 0.3) is 0 Å². The van der Waals surface area contributed by atoms with E-state index in [1.807, 2.05) is 6.26 Å². The first-order chi connectivity index (χ1) is 7.78. The Hall–Kier alpha value is -1.76. The molecule has 0 atom stereocenters. The van der Waals surface area contributed by atoms with Crippen LogP contribution in [-0.4, -0.2) is 21.4 Å². The molecule has 0 saturated carbocycles. The number of nitrogen functional groups attached to an aromatic ring is 1. The van der Waals surface area contributed by atoms with Crippen LogP contribution >= 0.6 is 11.8 Å². The molecule has 0 bridgehead atoms. The summed E-state index contributed by atoms with van der Waals surface area (Å²) in [5.41, 5.74) is 5.64. The molecule has 6 nitrogen and oxygen atoms in total. The highest BCUT2D eigenvalue weighted by atomic mass is 32.2. The Bertz CT molecular complexity index is 459. The first-order valence-electron chi connectivity index (χ1n) is 4.60. The van der Waals surface area contributed by atoms with Crippen LogP contribution in [0.3, 0.4) is 0 Å². The molecule has 7 heteroatoms. The van der Waals surface area contributed by atoms with Crippen molar-refractivity contribution < 1.29 is 4.52 Å². The van der Waals surface area contributed by atoms with E-state index in [4.69, 9.17) is 10.3 Å². The van der Waals surface area contributed by atoms with Gasteiger partial charge in [0.05, 0.1) is 12.7 Å². The number of anilines is 2. The lowest BCUT2D eigenvalue weighted by atomic mass is 10.4. The summed E-state index contributed by atoms with van der Waals surface area (Å²) in [4.78, 5) is 8.30. The Kier molecular flexibility index (Phi) is 3.25. The van der Waals surface area contributed by atoms with Gasteiger partial charge < -0.3 is 15.6 Å². The van der Waals surface area contributed by atoms with Crippen molar-refractivity contribution in [2.45, 2.75) is 11.7 Å². The van der Waals surface area contributed by atoms with Gasteiger partial charge in [0.15, 0.2) is 10.9 Å². The topological polar surface area (TPSA) is 89.9 Å². The zero-order valence-corrected chi connectivity index (χ0v) is 9.49. The van der Waals surface area contributed by atoms with Gasteiger partial charge in [0.1, 0.15) is 11.6 Å². The third-order valence-electron chi connectivity index (χ3n) is 1.84. The lowest BCUT2D eigenvalue weighted by molar-refractivity contribution is 0.388. The molecule has 0 aromatic carbocycles. The molecule has 0 radical (unpaired) electrons. The Morgan fingerprint density at radius 3 is 3.06 bits per heavy atom. The van der Waals surface area contributed by atoms with E-state index >= 15 is 0 Å². The molecule has 0 aliphatic carbocycles. The van der Waals surface area contributed by atoms with Crippen LogP contribution in [0.1, 0.15) is 5.76 Å². The van der Waals surface area contributed by atoms with Crippen LogP contribution in [0, 0.1) is 0 Å². The van der Waals surface area contributed by atoms with Crippen molar-refractivity contribution in [1.82, 2.24) is 15.1 Å². The maximum absolute atomic E-state index is 5.64. The first-order valence-corrected chi connectivity index (χ1v) is 5.82. The summed E-state index contributed by atoms with van der Waals surface area (Å²) in [7, 11) is 0. The molecule has 0 amide bonds. The smallest absolute Gasteiger partial charge is 0.191 e. The average Bonchev–Trinajstić information content (AvgIpc) is 2.78. The zero-order chi connectivity index (χ0) is 11.4. The summed E-state index contributed by atoms with van der Waals surface area (Å²) < 4.78 is 4.95. The molecule has 0 spiro atoms. The standard InChI is InChI=1S/C9H11N5OS/c1-16-9-13-7(10)4-8(14-9)11-5-6-2-3-12-15-6/h2-4H,5H2,1H3,(H3,10,11,13,14). The van der Waals surface area contributed by atoms with Gasteiger partial charge in [-0.1, -0.05) is 16.9 Å². The zero-order valence-electron chi connectivity index (χ0n) is 8.67. The molecule has 0 unspecified atom stereocenters. The van der Waals surface area contributed by atoms with Crippen LogP contribution in [0.2, 0.25) is 0 Å². The molecule has 0 aliphatic rings. The van der Waals surface area contributed by atoms with Gasteiger partial charge in [-0.05, 0) is 6.26 Å². The van der Waals surface area contributed by atoms with Crippen molar-refractivity contribution in [3.05, 3.63) is 24.1 Å². The largest absolute Gasteiger partial charge is 0.383 e. The quantitative estimate of drug-likeness (QED) is 0.613. The van der Waals surface area contributed by atoms with Crippen molar-refractivity contribution >= 4 is 23.4 Å². The number of hydrogen-bond donors (Lipinski definition) is 2. The molecule has 3 N–H and O–H groups in total. The highest BCUT2D eigenvalue weighted by Gasteiger charge is 2.02. The van der Waals surface area contributed by atoms with Gasteiger partial charge in [-0.2, -0.15) is 0 Å². The fourth-order valence-corrected chi connectivity index (χ4v) is 1.52. The minimum atomic E-state index is 0.444. The van der Waals surface area contributed by atoms with Crippen LogP contribution in [0.25, 0.3) is 0 Å². The average molecular weight is 237 g/mol. The molecule has 2 rings (SSSR count). The van der Waals surface area contributed by atoms with Crippen LogP contribution in [0.4, 0.5) is 11.6 Å². The minimum Gasteiger partial charge on any atom is -0.383 e. The predicted octanol–water partition coefficient (Wildman–Crippen LogP) is 1.38. The van der Waals surface area contributed by atoms with E-state index in [2.05, 4.69) is 20.4 Å². The summed E-state index contributed by atoms with van der Waals surface area (Å²) in [6, 6.07) is 3.46. The third kappa shape index (κ3) is 2.63. The fraction of sp³-hybridized carbons (Fsp3) is 0.222. The van der Waals surface area contributed by atoms with Crippen LogP contribution < -0.4 is 11.1 Å². The Balaban J connectivity index is 2.06. The molecule has 16 heavy (non-hydrogen) atoms. The molecule has 2 heterocycles. The first kappa shape index (κ1) is 10.7. The number of nitrogens with two attached hydrogens (primary N) is 1. The van der Waals surface area contributed by atoms with E-state index in [0.29, 0.717) is 23.3 Å². The second kappa shape index (κ2) is 4.84. The highest BCUT2D eigenvalue weighted by Crippen LogP contribution is 2.15. The third-order valence-corrected chi connectivity index (χ3v) is 2.39. The number of aromatic nitrogens is 3. The van der Waals surface area contributed by atoms with Gasteiger partial charge in [0, 0.05) is 12.1 Å². The van der Waals surface area contributed by atoms with Crippen molar-refractivity contribution in [3.8, 4) is 0 Å². The molecule has 2 aromatic heterocycles. The van der Waals surface area contributed by atoms with E-state index in [-0.39, 0.29) is 0 Å². The molecule has 0 saturated heterocycles. The van der Waals surface area contributed by atoms with Crippen molar-refractivity contribution in [2.24, 2.45) is 0 Å². The lowest BCUT2D eigenvalue weighted by Gasteiger charge is -2.05. The number of hydrogen-bond acceptors (Lipinski definition) is 7. The number of nitrogens with zero attached hydrogens (tertiary/aromatic N) is 3. The minimum absolute atomic E-state index is 0.444. The van der Waals surface area contributed by atoms with Crippen LogP contribution in [0.5, 0.6) is 0 Å². The van der Waals surface area contributed by atoms with Crippen LogP contribution in [-0.2, 0) is 6.54 Å². The van der Waals surface area contributed by atoms with Crippen molar-refractivity contribution in [3.63, 3.8) is 0 Å². The summed E-state index contributed by atoms with van der Waals surface area (Å²) >= 11 is 1.44. The molecular formula is C9H11N5OS. The summed E-state index contributed by atoms with van der Waals surface area (Å²) in [5, 5.41) is 7.33. The summed E-state index contributed by atoms with van der Waals surface area (Å²) in [5.74, 6) is 1.86. The Labute approximate surface area is 96.6 Å². The molecular weight excluding hydrogens is 226 g/mol. The lowest BCUT2D eigenvalue weighted by Crippen LogP contribution is -2.03. The van der Waals surface area contributed by atoms with E-state index in [1.165, 1.54) is 11.8 Å². The van der Waals surface area contributed by atoms with Gasteiger partial charge >= 0.3 is 0 Å². The fourth-order valence-electron chi connectivity index (χ4n) is 1.14.